The van der Waals surface area contributed by atoms with E-state index in [9.17, 15) is 18.0 Å². The van der Waals surface area contributed by atoms with Crippen molar-refractivity contribution in [3.8, 4) is 0 Å². The van der Waals surface area contributed by atoms with Crippen molar-refractivity contribution in [3.63, 3.8) is 0 Å². The summed E-state index contributed by atoms with van der Waals surface area (Å²) >= 11 is 0. The van der Waals surface area contributed by atoms with E-state index in [1.807, 2.05) is 5.48 Å². The number of aliphatic hydroxyl groups excluding tert-OH is 1. The number of amides is 1. The van der Waals surface area contributed by atoms with Crippen LogP contribution in [0.5, 0.6) is 0 Å². The predicted molar refractivity (Wildman–Crippen MR) is 56.7 cm³/mol. The minimum atomic E-state index is -4.62. The van der Waals surface area contributed by atoms with Crippen molar-refractivity contribution in [2.45, 2.75) is 13.1 Å². The third-order valence-electron chi connectivity index (χ3n) is 2.08. The zero-order valence-electron chi connectivity index (χ0n) is 9.54. The molecule has 0 saturated carbocycles. The minimum absolute atomic E-state index is 0.195. The zero-order chi connectivity index (χ0) is 13.8. The Bertz CT molecular complexity index is 432. The van der Waals surface area contributed by atoms with Crippen molar-refractivity contribution in [1.29, 1.82) is 0 Å². The molecule has 0 aliphatic rings. The highest BCUT2D eigenvalue weighted by Gasteiger charge is 2.35. The number of nitrogens with one attached hydrogen (secondary N) is 1. The molecule has 0 spiro atoms. The molecule has 0 unspecified atom stereocenters. The van der Waals surface area contributed by atoms with Gasteiger partial charge in [0, 0.05) is 0 Å². The van der Waals surface area contributed by atoms with E-state index < -0.39 is 23.2 Å². The maximum atomic E-state index is 12.7. The van der Waals surface area contributed by atoms with Crippen LogP contribution in [-0.4, -0.2) is 24.2 Å². The Kier molecular flexibility index (Phi) is 4.69. The van der Waals surface area contributed by atoms with Gasteiger partial charge in [-0.1, -0.05) is 11.6 Å². The smallest absolute Gasteiger partial charge is 0.394 e. The molecule has 18 heavy (non-hydrogen) atoms. The molecule has 0 radical (unpaired) electrons. The van der Waals surface area contributed by atoms with E-state index in [4.69, 9.17) is 5.11 Å². The molecule has 2 N–H and O–H groups in total. The van der Waals surface area contributed by atoms with E-state index in [1.54, 1.807) is 0 Å². The first kappa shape index (κ1) is 14.5. The number of carbonyl (C=O) groups excluding carboxylic acids is 1. The second kappa shape index (κ2) is 5.83. The number of aryl methyl sites for hydroxylation is 1. The number of rotatable bonds is 4. The zero-order valence-corrected chi connectivity index (χ0v) is 9.54. The molecule has 0 fully saturated rings. The predicted octanol–water partition coefficient (Wildman–Crippen LogP) is 1.67. The van der Waals surface area contributed by atoms with Crippen LogP contribution in [0.2, 0.25) is 0 Å². The fourth-order valence-corrected chi connectivity index (χ4v) is 1.31. The van der Waals surface area contributed by atoms with Gasteiger partial charge in [0.15, 0.2) is 0 Å². The molecule has 0 saturated heterocycles. The first-order valence-electron chi connectivity index (χ1n) is 5.07. The van der Waals surface area contributed by atoms with E-state index in [-0.39, 0.29) is 13.2 Å². The Morgan fingerprint density at radius 2 is 2.11 bits per heavy atom. The van der Waals surface area contributed by atoms with Gasteiger partial charge in [0.2, 0.25) is 0 Å². The van der Waals surface area contributed by atoms with Crippen LogP contribution < -0.4 is 5.48 Å². The SMILES string of the molecule is Cc1ccc(C(=O)NOCCO)c(C(F)(F)F)c1. The molecular weight excluding hydrogens is 251 g/mol. The summed E-state index contributed by atoms with van der Waals surface area (Å²) in [6, 6.07) is 3.37. The molecule has 0 atom stereocenters. The van der Waals surface area contributed by atoms with Crippen LogP contribution in [0.3, 0.4) is 0 Å². The fraction of sp³-hybridized carbons (Fsp3) is 0.364. The molecule has 1 amide bonds. The Hall–Kier alpha value is -1.60. The first-order chi connectivity index (χ1) is 8.36. The highest BCUT2D eigenvalue weighted by atomic mass is 19.4. The standard InChI is InChI=1S/C11H12F3NO3/c1-7-2-3-8(9(6-7)11(12,13)14)10(17)15-18-5-4-16/h2-3,6,16H,4-5H2,1H3,(H,15,17). The number of hydrogen-bond acceptors (Lipinski definition) is 3. The van der Waals surface area contributed by atoms with Gasteiger partial charge in [0.1, 0.15) is 0 Å². The Labute approximate surface area is 101 Å². The van der Waals surface area contributed by atoms with Crippen molar-refractivity contribution in [3.05, 3.63) is 34.9 Å². The van der Waals surface area contributed by atoms with E-state index in [0.717, 1.165) is 12.1 Å². The van der Waals surface area contributed by atoms with E-state index in [2.05, 4.69) is 4.84 Å². The number of alkyl halides is 3. The third kappa shape index (κ3) is 3.71. The van der Waals surface area contributed by atoms with Gasteiger partial charge in [0.05, 0.1) is 24.3 Å². The molecule has 0 aliphatic heterocycles. The second-order valence-electron chi connectivity index (χ2n) is 3.55. The van der Waals surface area contributed by atoms with Crippen LogP contribution in [0.15, 0.2) is 18.2 Å². The summed E-state index contributed by atoms with van der Waals surface area (Å²) < 4.78 is 38.1. The lowest BCUT2D eigenvalue weighted by Gasteiger charge is -2.13. The average Bonchev–Trinajstić information content (AvgIpc) is 2.28. The van der Waals surface area contributed by atoms with E-state index in [1.165, 1.54) is 13.0 Å². The average molecular weight is 263 g/mol. The summed E-state index contributed by atoms with van der Waals surface area (Å²) in [4.78, 5) is 16.0. The van der Waals surface area contributed by atoms with E-state index in [0.29, 0.717) is 5.56 Å². The lowest BCUT2D eigenvalue weighted by Crippen LogP contribution is -2.27. The lowest BCUT2D eigenvalue weighted by atomic mass is 10.0. The van der Waals surface area contributed by atoms with Gasteiger partial charge < -0.3 is 5.11 Å². The Balaban J connectivity index is 2.97. The van der Waals surface area contributed by atoms with Crippen molar-refractivity contribution >= 4 is 5.91 Å². The summed E-state index contributed by atoms with van der Waals surface area (Å²) in [5.41, 5.74) is 0.688. The summed E-state index contributed by atoms with van der Waals surface area (Å²) in [5.74, 6) is -1.00. The molecule has 7 heteroatoms. The normalized spacial score (nSPS) is 11.4. The minimum Gasteiger partial charge on any atom is -0.394 e. The third-order valence-corrected chi connectivity index (χ3v) is 2.08. The number of benzene rings is 1. The quantitative estimate of drug-likeness (QED) is 0.641. The molecule has 1 aromatic rings. The maximum absolute atomic E-state index is 12.7. The van der Waals surface area contributed by atoms with Crippen LogP contribution in [0, 0.1) is 6.92 Å². The topological polar surface area (TPSA) is 58.6 Å². The number of aliphatic hydroxyl groups is 1. The number of hydroxylamine groups is 1. The van der Waals surface area contributed by atoms with Crippen molar-refractivity contribution < 1.29 is 27.9 Å². The monoisotopic (exact) mass is 263 g/mol. The van der Waals surface area contributed by atoms with Gasteiger partial charge in [-0.3, -0.25) is 9.63 Å². The molecule has 0 bridgehead atoms. The van der Waals surface area contributed by atoms with Gasteiger partial charge in [-0.2, -0.15) is 13.2 Å². The van der Waals surface area contributed by atoms with Crippen molar-refractivity contribution in [2.75, 3.05) is 13.2 Å². The summed E-state index contributed by atoms with van der Waals surface area (Å²) in [6.07, 6.45) is -4.62. The van der Waals surface area contributed by atoms with Crippen LogP contribution in [0.4, 0.5) is 13.2 Å². The van der Waals surface area contributed by atoms with E-state index >= 15 is 0 Å². The Morgan fingerprint density at radius 3 is 2.67 bits per heavy atom. The summed E-state index contributed by atoms with van der Waals surface area (Å²) in [7, 11) is 0. The van der Waals surface area contributed by atoms with Crippen molar-refractivity contribution in [1.82, 2.24) is 5.48 Å². The molecule has 1 aromatic carbocycles. The molecule has 100 valence electrons. The molecule has 1 rings (SSSR count). The van der Waals surface area contributed by atoms with Crippen LogP contribution in [0.1, 0.15) is 21.5 Å². The molecule has 0 heterocycles. The van der Waals surface area contributed by atoms with Gasteiger partial charge in [-0.05, 0) is 19.1 Å². The van der Waals surface area contributed by atoms with Gasteiger partial charge >= 0.3 is 6.18 Å². The van der Waals surface area contributed by atoms with Gasteiger partial charge in [0.25, 0.3) is 5.91 Å². The Morgan fingerprint density at radius 1 is 1.44 bits per heavy atom. The van der Waals surface area contributed by atoms with Crippen LogP contribution in [-0.2, 0) is 11.0 Å². The lowest BCUT2D eigenvalue weighted by molar-refractivity contribution is -0.138. The van der Waals surface area contributed by atoms with Gasteiger partial charge in [-0.15, -0.1) is 0 Å². The number of hydrogen-bond donors (Lipinski definition) is 2. The largest absolute Gasteiger partial charge is 0.417 e. The second-order valence-corrected chi connectivity index (χ2v) is 3.55. The maximum Gasteiger partial charge on any atom is 0.417 e. The van der Waals surface area contributed by atoms with Crippen LogP contribution >= 0.6 is 0 Å². The summed E-state index contributed by atoms with van der Waals surface area (Å²) in [5, 5.41) is 8.41. The van der Waals surface area contributed by atoms with Gasteiger partial charge in [-0.25, -0.2) is 5.48 Å². The highest BCUT2D eigenvalue weighted by Crippen LogP contribution is 2.32. The summed E-state index contributed by atoms with van der Waals surface area (Å²) in [6.45, 7) is 0.957. The van der Waals surface area contributed by atoms with Crippen LogP contribution in [0.25, 0.3) is 0 Å². The highest BCUT2D eigenvalue weighted by molar-refractivity contribution is 5.95. The molecule has 0 aliphatic carbocycles. The first-order valence-corrected chi connectivity index (χ1v) is 5.07. The molecular formula is C11H12F3NO3. The number of carbonyl (C=O) groups is 1. The molecule has 4 nitrogen and oxygen atoms in total. The van der Waals surface area contributed by atoms with Crippen molar-refractivity contribution in [2.24, 2.45) is 0 Å². The molecule has 0 aromatic heterocycles. The fourth-order valence-electron chi connectivity index (χ4n) is 1.31. The number of halogens is 3.